The van der Waals surface area contributed by atoms with Gasteiger partial charge in [0.1, 0.15) is 17.5 Å². The zero-order chi connectivity index (χ0) is 13.1. The molecule has 0 spiro atoms. The van der Waals surface area contributed by atoms with E-state index < -0.39 is 0 Å². The van der Waals surface area contributed by atoms with Crippen LogP contribution in [0.2, 0.25) is 0 Å². The third-order valence-electron chi connectivity index (χ3n) is 3.38. The van der Waals surface area contributed by atoms with Crippen molar-refractivity contribution in [1.82, 2.24) is 19.8 Å². The van der Waals surface area contributed by atoms with Gasteiger partial charge in [0.25, 0.3) is 5.56 Å². The van der Waals surface area contributed by atoms with Crippen LogP contribution in [-0.4, -0.2) is 59.5 Å². The van der Waals surface area contributed by atoms with E-state index in [1.807, 2.05) is 6.07 Å². The van der Waals surface area contributed by atoms with Crippen molar-refractivity contribution in [2.24, 2.45) is 0 Å². The minimum absolute atomic E-state index is 0.0628. The fourth-order valence-electron chi connectivity index (χ4n) is 2.16. The van der Waals surface area contributed by atoms with Gasteiger partial charge >= 0.3 is 0 Å². The molecule has 1 N–H and O–H groups in total. The molecule has 1 aliphatic heterocycles. The average molecular weight is 247 g/mol. The molecule has 0 aliphatic carbocycles. The molecule has 96 valence electrons. The molecule has 0 amide bonds. The van der Waals surface area contributed by atoms with Gasteiger partial charge in [-0.3, -0.25) is 4.79 Å². The van der Waals surface area contributed by atoms with Gasteiger partial charge in [-0.2, -0.15) is 5.26 Å². The minimum Gasteiger partial charge on any atom is -0.309 e. The quantitative estimate of drug-likeness (QED) is 0.757. The van der Waals surface area contributed by atoms with Crippen molar-refractivity contribution in [2.45, 2.75) is 12.5 Å². The average Bonchev–Trinajstić information content (AvgIpc) is 2.34. The van der Waals surface area contributed by atoms with Gasteiger partial charge in [-0.05, 0) is 14.1 Å². The number of likely N-dealkylation sites (N-methyl/N-ethyl adjacent to an activating group) is 2. The van der Waals surface area contributed by atoms with Gasteiger partial charge in [0, 0.05) is 32.1 Å². The maximum atomic E-state index is 11.5. The van der Waals surface area contributed by atoms with Crippen LogP contribution in [0.5, 0.6) is 0 Å². The summed E-state index contributed by atoms with van der Waals surface area (Å²) < 4.78 is 0. The number of H-pyrrole nitrogens is 1. The first-order valence-corrected chi connectivity index (χ1v) is 5.97. The topological polar surface area (TPSA) is 76.0 Å². The fraction of sp³-hybridized carbons (Fsp3) is 0.583. The van der Waals surface area contributed by atoms with E-state index in [4.69, 9.17) is 5.26 Å². The molecule has 1 aromatic rings. The van der Waals surface area contributed by atoms with E-state index in [-0.39, 0.29) is 11.1 Å². The summed E-state index contributed by atoms with van der Waals surface area (Å²) in [6.07, 6.45) is 2.04. The summed E-state index contributed by atoms with van der Waals surface area (Å²) in [5.41, 5.74) is -0.290. The largest absolute Gasteiger partial charge is 0.309 e. The van der Waals surface area contributed by atoms with Gasteiger partial charge in [0.2, 0.25) is 0 Å². The molecule has 1 saturated heterocycles. The number of nitrogens with one attached hydrogen (secondary N) is 1. The Kier molecular flexibility index (Phi) is 3.75. The molecule has 0 saturated carbocycles. The van der Waals surface area contributed by atoms with Gasteiger partial charge < -0.3 is 14.8 Å². The highest BCUT2D eigenvalue weighted by atomic mass is 16.1. The molecule has 0 aromatic carbocycles. The molecular formula is C12H17N5O. The predicted octanol–water partition coefficient (Wildman–Crippen LogP) is -0.570. The predicted molar refractivity (Wildman–Crippen MR) is 67.2 cm³/mol. The summed E-state index contributed by atoms with van der Waals surface area (Å²) in [6, 6.07) is 2.16. The Labute approximate surface area is 106 Å². The monoisotopic (exact) mass is 247 g/mol. The molecule has 2 rings (SSSR count). The van der Waals surface area contributed by atoms with Crippen molar-refractivity contribution < 1.29 is 0 Å². The van der Waals surface area contributed by atoms with Crippen LogP contribution >= 0.6 is 0 Å². The van der Waals surface area contributed by atoms with Crippen molar-refractivity contribution >= 4 is 0 Å². The molecular weight excluding hydrogens is 230 g/mol. The van der Waals surface area contributed by atoms with E-state index in [1.54, 1.807) is 0 Å². The number of nitriles is 1. The Balaban J connectivity index is 2.11. The van der Waals surface area contributed by atoms with Crippen molar-refractivity contribution in [3.63, 3.8) is 0 Å². The highest BCUT2D eigenvalue weighted by Gasteiger charge is 2.23. The van der Waals surface area contributed by atoms with Crippen LogP contribution in [-0.2, 0) is 6.42 Å². The first-order chi connectivity index (χ1) is 8.60. The van der Waals surface area contributed by atoms with E-state index in [2.05, 4.69) is 33.9 Å². The second kappa shape index (κ2) is 5.29. The Hall–Kier alpha value is -1.71. The molecule has 6 heteroatoms. The molecule has 1 aliphatic rings. The van der Waals surface area contributed by atoms with Gasteiger partial charge in [-0.25, -0.2) is 4.98 Å². The van der Waals surface area contributed by atoms with Gasteiger partial charge in [0.05, 0.1) is 6.20 Å². The van der Waals surface area contributed by atoms with Crippen molar-refractivity contribution in [3.05, 3.63) is 27.9 Å². The molecule has 1 fully saturated rings. The molecule has 1 unspecified atom stereocenters. The second-order valence-corrected chi connectivity index (χ2v) is 4.79. The molecule has 0 radical (unpaired) electrons. The summed E-state index contributed by atoms with van der Waals surface area (Å²) >= 11 is 0. The normalized spacial score (nSPS) is 21.7. The lowest BCUT2D eigenvalue weighted by atomic mass is 10.1. The Morgan fingerprint density at radius 2 is 2.33 bits per heavy atom. The van der Waals surface area contributed by atoms with Crippen LogP contribution in [0.25, 0.3) is 0 Å². The summed E-state index contributed by atoms with van der Waals surface area (Å²) in [4.78, 5) is 22.9. The van der Waals surface area contributed by atoms with Crippen LogP contribution in [0.4, 0.5) is 0 Å². The van der Waals surface area contributed by atoms with Gasteiger partial charge in [-0.1, -0.05) is 0 Å². The van der Waals surface area contributed by atoms with E-state index in [9.17, 15) is 4.79 Å². The van der Waals surface area contributed by atoms with Crippen LogP contribution in [0.1, 0.15) is 11.4 Å². The highest BCUT2D eigenvalue weighted by Crippen LogP contribution is 2.09. The summed E-state index contributed by atoms with van der Waals surface area (Å²) in [5.74, 6) is 0.645. The zero-order valence-corrected chi connectivity index (χ0v) is 10.7. The smallest absolute Gasteiger partial charge is 0.268 e. The SMILES string of the molecule is CN1CCN(C)C(Cc2ncc(C#N)c(=O)[nH]2)C1. The summed E-state index contributed by atoms with van der Waals surface area (Å²) in [7, 11) is 4.17. The fourth-order valence-corrected chi connectivity index (χ4v) is 2.16. The third-order valence-corrected chi connectivity index (χ3v) is 3.38. The van der Waals surface area contributed by atoms with Crippen molar-refractivity contribution in [2.75, 3.05) is 33.7 Å². The summed E-state index contributed by atoms with van der Waals surface area (Å²) in [6.45, 7) is 3.03. The zero-order valence-electron chi connectivity index (χ0n) is 10.7. The Bertz CT molecular complexity index is 518. The molecule has 0 bridgehead atoms. The number of hydrogen-bond donors (Lipinski definition) is 1. The third kappa shape index (κ3) is 2.75. The molecule has 2 heterocycles. The summed E-state index contributed by atoms with van der Waals surface area (Å²) in [5, 5.41) is 8.68. The van der Waals surface area contributed by atoms with E-state index in [0.717, 1.165) is 19.6 Å². The molecule has 18 heavy (non-hydrogen) atoms. The van der Waals surface area contributed by atoms with Crippen LogP contribution in [0.15, 0.2) is 11.0 Å². The number of nitrogens with zero attached hydrogens (tertiary/aromatic N) is 4. The van der Waals surface area contributed by atoms with Gasteiger partial charge in [-0.15, -0.1) is 0 Å². The number of rotatable bonds is 2. The van der Waals surface area contributed by atoms with Crippen molar-refractivity contribution in [1.29, 1.82) is 5.26 Å². The Morgan fingerprint density at radius 3 is 3.00 bits per heavy atom. The highest BCUT2D eigenvalue weighted by molar-refractivity contribution is 5.22. The second-order valence-electron chi connectivity index (χ2n) is 4.79. The molecule has 1 atom stereocenters. The van der Waals surface area contributed by atoms with Crippen LogP contribution < -0.4 is 5.56 Å². The lowest BCUT2D eigenvalue weighted by Gasteiger charge is -2.37. The molecule has 1 aromatic heterocycles. The maximum absolute atomic E-state index is 11.5. The lowest BCUT2D eigenvalue weighted by molar-refractivity contribution is 0.113. The van der Waals surface area contributed by atoms with Gasteiger partial charge in [0.15, 0.2) is 0 Å². The van der Waals surface area contributed by atoms with Crippen LogP contribution in [0.3, 0.4) is 0 Å². The number of piperazine rings is 1. The number of aromatic nitrogens is 2. The van der Waals surface area contributed by atoms with E-state index in [1.165, 1.54) is 6.20 Å². The number of aromatic amines is 1. The Morgan fingerprint density at radius 1 is 1.56 bits per heavy atom. The van der Waals surface area contributed by atoms with E-state index in [0.29, 0.717) is 18.3 Å². The lowest BCUT2D eigenvalue weighted by Crippen LogP contribution is -2.51. The minimum atomic E-state index is -0.352. The molecule has 6 nitrogen and oxygen atoms in total. The van der Waals surface area contributed by atoms with Crippen LogP contribution in [0, 0.1) is 11.3 Å². The number of hydrogen-bond acceptors (Lipinski definition) is 5. The standard InChI is InChI=1S/C12H17N5O/c1-16-3-4-17(2)10(8-16)5-11-14-7-9(6-13)12(18)15-11/h7,10H,3-5,8H2,1-2H3,(H,14,15,18). The first kappa shape index (κ1) is 12.7. The van der Waals surface area contributed by atoms with Crippen molar-refractivity contribution in [3.8, 4) is 6.07 Å². The maximum Gasteiger partial charge on any atom is 0.268 e. The van der Waals surface area contributed by atoms with E-state index >= 15 is 0 Å². The first-order valence-electron chi connectivity index (χ1n) is 5.97.